The topological polar surface area (TPSA) is 88.8 Å². The number of carbonyl (C=O) groups excluding carboxylic acids is 1. The summed E-state index contributed by atoms with van der Waals surface area (Å²) < 4.78 is 7.08. The zero-order valence-corrected chi connectivity index (χ0v) is 17.1. The molecule has 1 amide bonds. The highest BCUT2D eigenvalue weighted by molar-refractivity contribution is 6.31. The number of benzene rings is 2. The molecule has 0 aliphatic heterocycles. The first-order valence-corrected chi connectivity index (χ1v) is 9.73. The van der Waals surface area contributed by atoms with Crippen molar-refractivity contribution in [1.29, 1.82) is 0 Å². The van der Waals surface area contributed by atoms with Gasteiger partial charge in [0.2, 0.25) is 0 Å². The normalized spacial score (nSPS) is 10.9. The van der Waals surface area contributed by atoms with Crippen molar-refractivity contribution in [2.75, 3.05) is 11.9 Å². The van der Waals surface area contributed by atoms with Crippen molar-refractivity contribution in [2.45, 2.75) is 13.8 Å². The molecule has 2 heterocycles. The smallest absolute Gasteiger partial charge is 0.276 e. The maximum Gasteiger partial charge on any atom is 0.276 e. The highest BCUT2D eigenvalue weighted by Gasteiger charge is 2.16. The van der Waals surface area contributed by atoms with E-state index < -0.39 is 5.91 Å². The Balaban J connectivity index is 1.64. The van der Waals surface area contributed by atoms with E-state index in [9.17, 15) is 9.90 Å². The second-order valence-electron chi connectivity index (χ2n) is 6.66. The third-order valence-corrected chi connectivity index (χ3v) is 4.74. The largest absolute Gasteiger partial charge is 0.506 e. The fraction of sp³-hybridized carbons (Fsp3) is 0.136. The first-order valence-electron chi connectivity index (χ1n) is 9.35. The maximum atomic E-state index is 12.6. The number of nitrogens with one attached hydrogen (secondary N) is 1. The fourth-order valence-corrected chi connectivity index (χ4v) is 3.24. The summed E-state index contributed by atoms with van der Waals surface area (Å²) in [6, 6.07) is 15.6. The summed E-state index contributed by atoms with van der Waals surface area (Å²) in [7, 11) is 0. The van der Waals surface area contributed by atoms with Crippen molar-refractivity contribution in [3.8, 4) is 22.8 Å². The summed E-state index contributed by atoms with van der Waals surface area (Å²) in [5, 5.41) is 17.3. The third-order valence-electron chi connectivity index (χ3n) is 4.51. The number of hydrogen-bond acceptors (Lipinski definition) is 5. The molecule has 0 fully saturated rings. The number of phenols is 1. The summed E-state index contributed by atoms with van der Waals surface area (Å²) >= 11 is 5.93. The molecule has 8 heteroatoms. The number of carbonyl (C=O) groups is 1. The molecule has 0 aliphatic rings. The molecule has 2 aromatic heterocycles. The number of amides is 1. The first kappa shape index (κ1) is 19.7. The van der Waals surface area contributed by atoms with Crippen LogP contribution in [0.1, 0.15) is 23.1 Å². The number of phenolic OH excluding ortho intramolecular Hbond substituents is 1. The number of hydrogen-bond donors (Lipinski definition) is 2. The summed E-state index contributed by atoms with van der Waals surface area (Å²) in [4.78, 5) is 17.3. The third kappa shape index (κ3) is 3.92. The molecule has 4 rings (SSSR count). The second kappa shape index (κ2) is 8.04. The van der Waals surface area contributed by atoms with E-state index >= 15 is 0 Å². The molecule has 2 N–H and O–H groups in total. The predicted octanol–water partition coefficient (Wildman–Crippen LogP) is 4.71. The lowest BCUT2D eigenvalue weighted by Gasteiger charge is -2.07. The molecule has 0 spiro atoms. The van der Waals surface area contributed by atoms with Gasteiger partial charge in [0.25, 0.3) is 5.91 Å². The number of fused-ring (bicyclic) bond motifs is 1. The quantitative estimate of drug-likeness (QED) is 0.454. The van der Waals surface area contributed by atoms with Crippen LogP contribution in [0.15, 0.2) is 54.6 Å². The SMILES string of the molecule is CCOc1ccc(-c2cc(C)n3nc(C(=O)Nc4cc(Cl)ccc4O)cc3n2)cc1. The minimum atomic E-state index is -0.472. The average molecular weight is 423 g/mol. The van der Waals surface area contributed by atoms with Gasteiger partial charge in [0.05, 0.1) is 18.0 Å². The van der Waals surface area contributed by atoms with E-state index in [-0.39, 0.29) is 17.1 Å². The molecule has 0 bridgehead atoms. The highest BCUT2D eigenvalue weighted by atomic mass is 35.5. The van der Waals surface area contributed by atoms with E-state index in [4.69, 9.17) is 16.3 Å². The first-order chi connectivity index (χ1) is 14.4. The molecule has 152 valence electrons. The number of nitrogens with zero attached hydrogens (tertiary/aromatic N) is 3. The van der Waals surface area contributed by atoms with Gasteiger partial charge >= 0.3 is 0 Å². The minimum absolute atomic E-state index is 0.0800. The zero-order valence-electron chi connectivity index (χ0n) is 16.4. The Bertz CT molecular complexity index is 1240. The summed E-state index contributed by atoms with van der Waals surface area (Å²) in [6.07, 6.45) is 0. The highest BCUT2D eigenvalue weighted by Crippen LogP contribution is 2.27. The van der Waals surface area contributed by atoms with Gasteiger partial charge in [-0.1, -0.05) is 11.6 Å². The van der Waals surface area contributed by atoms with Gasteiger partial charge < -0.3 is 15.2 Å². The van der Waals surface area contributed by atoms with Crippen LogP contribution in [0.3, 0.4) is 0 Å². The van der Waals surface area contributed by atoms with Crippen molar-refractivity contribution < 1.29 is 14.6 Å². The molecule has 0 unspecified atom stereocenters. The van der Waals surface area contributed by atoms with Crippen LogP contribution in [0.4, 0.5) is 5.69 Å². The van der Waals surface area contributed by atoms with E-state index in [1.54, 1.807) is 10.6 Å². The molecule has 0 radical (unpaired) electrons. The Hall–Kier alpha value is -3.58. The van der Waals surface area contributed by atoms with Crippen LogP contribution in [0, 0.1) is 6.92 Å². The van der Waals surface area contributed by atoms with Crippen LogP contribution in [0.25, 0.3) is 16.9 Å². The Labute approximate surface area is 177 Å². The van der Waals surface area contributed by atoms with Gasteiger partial charge in [0.15, 0.2) is 11.3 Å². The number of aromatic hydroxyl groups is 1. The molecule has 4 aromatic rings. The van der Waals surface area contributed by atoms with Gasteiger partial charge in [-0.2, -0.15) is 5.10 Å². The molecular weight excluding hydrogens is 404 g/mol. The lowest BCUT2D eigenvalue weighted by Crippen LogP contribution is -2.13. The number of anilines is 1. The van der Waals surface area contributed by atoms with Gasteiger partial charge in [-0.3, -0.25) is 4.79 Å². The Morgan fingerprint density at radius 3 is 2.67 bits per heavy atom. The van der Waals surface area contributed by atoms with Crippen molar-refractivity contribution in [3.05, 3.63) is 71.0 Å². The standard InChI is InChI=1S/C22H19ClN4O3/c1-3-30-16-7-4-14(5-8-16)17-10-13(2)27-21(24-17)12-19(26-27)22(29)25-18-11-15(23)6-9-20(18)28/h4-12,28H,3H2,1-2H3,(H,25,29). The number of aromatic nitrogens is 3. The van der Waals surface area contributed by atoms with E-state index in [0.29, 0.717) is 17.3 Å². The number of aryl methyl sites for hydroxylation is 1. The maximum absolute atomic E-state index is 12.6. The lowest BCUT2D eigenvalue weighted by molar-refractivity contribution is 0.102. The van der Waals surface area contributed by atoms with Crippen LogP contribution >= 0.6 is 11.6 Å². The van der Waals surface area contributed by atoms with Gasteiger partial charge in [0, 0.05) is 22.3 Å². The van der Waals surface area contributed by atoms with Crippen LogP contribution in [-0.2, 0) is 0 Å². The monoisotopic (exact) mass is 422 g/mol. The van der Waals surface area contributed by atoms with Crippen molar-refractivity contribution in [2.24, 2.45) is 0 Å². The van der Waals surface area contributed by atoms with Crippen LogP contribution < -0.4 is 10.1 Å². The molecule has 7 nitrogen and oxygen atoms in total. The molecule has 2 aromatic carbocycles. The molecule has 0 atom stereocenters. The van der Waals surface area contributed by atoms with Gasteiger partial charge in [-0.25, -0.2) is 9.50 Å². The number of ether oxygens (including phenoxy) is 1. The molecule has 30 heavy (non-hydrogen) atoms. The zero-order chi connectivity index (χ0) is 21.3. The fourth-order valence-electron chi connectivity index (χ4n) is 3.07. The van der Waals surface area contributed by atoms with Gasteiger partial charge in [-0.15, -0.1) is 0 Å². The van der Waals surface area contributed by atoms with Gasteiger partial charge in [0.1, 0.15) is 11.5 Å². The van der Waals surface area contributed by atoms with Gasteiger partial charge in [-0.05, 0) is 62.4 Å². The van der Waals surface area contributed by atoms with Crippen LogP contribution in [0.2, 0.25) is 5.02 Å². The molecule has 0 aliphatic carbocycles. The Morgan fingerprint density at radius 2 is 1.93 bits per heavy atom. The molecular formula is C22H19ClN4O3. The van der Waals surface area contributed by atoms with Crippen LogP contribution in [0.5, 0.6) is 11.5 Å². The molecule has 0 saturated heterocycles. The van der Waals surface area contributed by atoms with E-state index in [1.165, 1.54) is 18.2 Å². The lowest BCUT2D eigenvalue weighted by atomic mass is 10.1. The molecule has 0 saturated carbocycles. The predicted molar refractivity (Wildman–Crippen MR) is 115 cm³/mol. The Kier molecular flexibility index (Phi) is 5.29. The average Bonchev–Trinajstić information content (AvgIpc) is 3.17. The Morgan fingerprint density at radius 1 is 1.17 bits per heavy atom. The van der Waals surface area contributed by atoms with Crippen molar-refractivity contribution >= 4 is 28.8 Å². The number of halogens is 1. The van der Waals surface area contributed by atoms with Crippen molar-refractivity contribution in [3.63, 3.8) is 0 Å². The van der Waals surface area contributed by atoms with E-state index in [1.807, 2.05) is 44.2 Å². The summed E-state index contributed by atoms with van der Waals surface area (Å²) in [6.45, 7) is 4.44. The van der Waals surface area contributed by atoms with E-state index in [2.05, 4.69) is 15.4 Å². The summed E-state index contributed by atoms with van der Waals surface area (Å²) in [5.41, 5.74) is 3.45. The summed E-state index contributed by atoms with van der Waals surface area (Å²) in [5.74, 6) is 0.246. The van der Waals surface area contributed by atoms with Crippen molar-refractivity contribution in [1.82, 2.24) is 14.6 Å². The van der Waals surface area contributed by atoms with E-state index in [0.717, 1.165) is 22.7 Å². The second-order valence-corrected chi connectivity index (χ2v) is 7.09. The van der Waals surface area contributed by atoms with Crippen LogP contribution in [-0.4, -0.2) is 32.2 Å². The number of rotatable bonds is 5. The minimum Gasteiger partial charge on any atom is -0.506 e.